The lowest BCUT2D eigenvalue weighted by molar-refractivity contribution is 0.588. The smallest absolute Gasteiger partial charge is 0.0991 e. The minimum absolute atomic E-state index is 0.760. The van der Waals surface area contributed by atoms with E-state index in [-0.39, 0.29) is 0 Å². The van der Waals surface area contributed by atoms with Crippen molar-refractivity contribution in [1.82, 2.24) is 5.32 Å². The maximum absolute atomic E-state index is 8.89. The summed E-state index contributed by atoms with van der Waals surface area (Å²) in [6, 6.07) is 8.21. The number of piperazine rings is 1. The van der Waals surface area contributed by atoms with Gasteiger partial charge in [-0.3, -0.25) is 0 Å². The molecule has 0 radical (unpaired) electrons. The Hall–Kier alpha value is -1.53. The highest BCUT2D eigenvalue weighted by molar-refractivity contribution is 5.57. The summed E-state index contributed by atoms with van der Waals surface area (Å²) in [5.41, 5.74) is 3.33. The van der Waals surface area contributed by atoms with Crippen molar-refractivity contribution in [1.29, 1.82) is 5.26 Å². The summed E-state index contributed by atoms with van der Waals surface area (Å²) in [4.78, 5) is 2.40. The molecule has 1 aliphatic heterocycles. The molecule has 1 aliphatic rings. The van der Waals surface area contributed by atoms with Gasteiger partial charge in [0, 0.05) is 31.9 Å². The molecule has 1 aromatic carbocycles. The quantitative estimate of drug-likeness (QED) is 0.813. The molecule has 0 unspecified atom stereocenters. The van der Waals surface area contributed by atoms with Gasteiger partial charge < -0.3 is 10.2 Å². The summed E-state index contributed by atoms with van der Waals surface area (Å²) in [6.07, 6.45) is 0.981. The number of hydrogen-bond donors (Lipinski definition) is 1. The standard InChI is InChI=1S/C13H17N3/c1-2-12-9-11(10-14)3-4-13(12)16-7-5-15-6-8-16/h3-4,9,15H,2,5-8H2,1H3. The fraction of sp³-hybridized carbons (Fsp3) is 0.462. The molecule has 1 fully saturated rings. The highest BCUT2D eigenvalue weighted by Gasteiger charge is 2.13. The van der Waals surface area contributed by atoms with Crippen LogP contribution in [0, 0.1) is 11.3 Å². The molecule has 1 N–H and O–H groups in total. The molecular weight excluding hydrogens is 198 g/mol. The number of rotatable bonds is 2. The predicted octanol–water partition coefficient (Wildman–Crippen LogP) is 1.53. The average molecular weight is 215 g/mol. The van der Waals surface area contributed by atoms with Crippen molar-refractivity contribution in [3.8, 4) is 6.07 Å². The first-order valence-electron chi connectivity index (χ1n) is 5.84. The molecule has 1 aromatic rings. The third-order valence-electron chi connectivity index (χ3n) is 3.05. The molecule has 0 amide bonds. The molecule has 16 heavy (non-hydrogen) atoms. The summed E-state index contributed by atoms with van der Waals surface area (Å²) in [7, 11) is 0. The van der Waals surface area contributed by atoms with Gasteiger partial charge in [-0.05, 0) is 30.2 Å². The Balaban J connectivity index is 2.29. The predicted molar refractivity (Wildman–Crippen MR) is 65.6 cm³/mol. The van der Waals surface area contributed by atoms with E-state index in [0.717, 1.165) is 38.2 Å². The van der Waals surface area contributed by atoms with Crippen molar-refractivity contribution in [2.24, 2.45) is 0 Å². The zero-order chi connectivity index (χ0) is 11.4. The Bertz CT molecular complexity index is 400. The molecule has 0 aliphatic carbocycles. The van der Waals surface area contributed by atoms with Crippen molar-refractivity contribution in [2.45, 2.75) is 13.3 Å². The highest BCUT2D eigenvalue weighted by atomic mass is 15.2. The average Bonchev–Trinajstić information content (AvgIpc) is 2.39. The van der Waals surface area contributed by atoms with Crippen LogP contribution in [0.4, 0.5) is 5.69 Å². The van der Waals surface area contributed by atoms with E-state index < -0.39 is 0 Å². The third-order valence-corrected chi connectivity index (χ3v) is 3.05. The Morgan fingerprint density at radius 3 is 2.75 bits per heavy atom. The van der Waals surface area contributed by atoms with Crippen molar-refractivity contribution in [3.63, 3.8) is 0 Å². The second-order valence-corrected chi connectivity index (χ2v) is 4.05. The van der Waals surface area contributed by atoms with E-state index >= 15 is 0 Å². The van der Waals surface area contributed by atoms with E-state index in [1.54, 1.807) is 0 Å². The molecule has 3 nitrogen and oxygen atoms in total. The number of nitriles is 1. The van der Waals surface area contributed by atoms with Crippen molar-refractivity contribution < 1.29 is 0 Å². The van der Waals surface area contributed by atoms with E-state index in [1.807, 2.05) is 12.1 Å². The Labute approximate surface area is 96.7 Å². The van der Waals surface area contributed by atoms with E-state index in [1.165, 1.54) is 11.3 Å². The number of anilines is 1. The molecule has 1 saturated heterocycles. The number of nitrogens with one attached hydrogen (secondary N) is 1. The summed E-state index contributed by atoms with van der Waals surface area (Å²) < 4.78 is 0. The molecule has 0 atom stereocenters. The molecule has 0 aromatic heterocycles. The first-order chi connectivity index (χ1) is 7.85. The van der Waals surface area contributed by atoms with Gasteiger partial charge in [-0.25, -0.2) is 0 Å². The van der Waals surface area contributed by atoms with Crippen LogP contribution < -0.4 is 10.2 Å². The number of nitrogens with zero attached hydrogens (tertiary/aromatic N) is 2. The zero-order valence-corrected chi connectivity index (χ0v) is 9.66. The van der Waals surface area contributed by atoms with Crippen LogP contribution in [-0.2, 0) is 6.42 Å². The summed E-state index contributed by atoms with van der Waals surface area (Å²) in [5.74, 6) is 0. The van der Waals surface area contributed by atoms with E-state index in [9.17, 15) is 0 Å². The van der Waals surface area contributed by atoms with Crippen LogP contribution >= 0.6 is 0 Å². The Morgan fingerprint density at radius 1 is 1.38 bits per heavy atom. The van der Waals surface area contributed by atoms with Gasteiger partial charge in [0.2, 0.25) is 0 Å². The van der Waals surface area contributed by atoms with Crippen LogP contribution in [-0.4, -0.2) is 26.2 Å². The van der Waals surface area contributed by atoms with Gasteiger partial charge in [-0.15, -0.1) is 0 Å². The summed E-state index contributed by atoms with van der Waals surface area (Å²) in [5, 5.41) is 12.2. The van der Waals surface area contributed by atoms with E-state index in [0.29, 0.717) is 0 Å². The van der Waals surface area contributed by atoms with Crippen molar-refractivity contribution in [2.75, 3.05) is 31.1 Å². The molecule has 0 spiro atoms. The normalized spacial score (nSPS) is 15.9. The molecule has 0 bridgehead atoms. The van der Waals surface area contributed by atoms with Gasteiger partial charge in [0.25, 0.3) is 0 Å². The van der Waals surface area contributed by atoms with E-state index in [2.05, 4.69) is 29.3 Å². The molecule has 0 saturated carbocycles. The Kier molecular flexibility index (Phi) is 3.43. The third kappa shape index (κ3) is 2.17. The topological polar surface area (TPSA) is 39.1 Å². The summed E-state index contributed by atoms with van der Waals surface area (Å²) in [6.45, 7) is 6.34. The maximum atomic E-state index is 8.89. The highest BCUT2D eigenvalue weighted by Crippen LogP contribution is 2.22. The van der Waals surface area contributed by atoms with Gasteiger partial charge >= 0.3 is 0 Å². The molecular formula is C13H17N3. The van der Waals surface area contributed by atoms with Crippen LogP contribution in [0.3, 0.4) is 0 Å². The first-order valence-corrected chi connectivity index (χ1v) is 5.84. The first kappa shape index (κ1) is 11.0. The van der Waals surface area contributed by atoms with Gasteiger partial charge in [-0.1, -0.05) is 6.92 Å². The lowest BCUT2D eigenvalue weighted by atomic mass is 10.1. The second kappa shape index (κ2) is 5.00. The minimum Gasteiger partial charge on any atom is -0.369 e. The van der Waals surface area contributed by atoms with Crippen molar-refractivity contribution >= 4 is 5.69 Å². The number of hydrogen-bond acceptors (Lipinski definition) is 3. The maximum Gasteiger partial charge on any atom is 0.0991 e. The molecule has 3 heteroatoms. The molecule has 1 heterocycles. The largest absolute Gasteiger partial charge is 0.369 e. The second-order valence-electron chi connectivity index (χ2n) is 4.05. The number of aryl methyl sites for hydroxylation is 1. The molecule has 84 valence electrons. The van der Waals surface area contributed by atoms with E-state index in [4.69, 9.17) is 5.26 Å². The zero-order valence-electron chi connectivity index (χ0n) is 9.66. The lowest BCUT2D eigenvalue weighted by Gasteiger charge is -2.31. The van der Waals surface area contributed by atoms with Crippen LogP contribution in [0.15, 0.2) is 18.2 Å². The van der Waals surface area contributed by atoms with Crippen LogP contribution in [0.1, 0.15) is 18.1 Å². The van der Waals surface area contributed by atoms with Crippen LogP contribution in [0.25, 0.3) is 0 Å². The fourth-order valence-electron chi connectivity index (χ4n) is 2.15. The minimum atomic E-state index is 0.760. The Morgan fingerprint density at radius 2 is 2.12 bits per heavy atom. The SMILES string of the molecule is CCc1cc(C#N)ccc1N1CCNCC1. The summed E-state index contributed by atoms with van der Waals surface area (Å²) >= 11 is 0. The van der Waals surface area contributed by atoms with Gasteiger partial charge in [-0.2, -0.15) is 5.26 Å². The lowest BCUT2D eigenvalue weighted by Crippen LogP contribution is -2.43. The van der Waals surface area contributed by atoms with Crippen LogP contribution in [0.2, 0.25) is 0 Å². The van der Waals surface area contributed by atoms with Gasteiger partial charge in [0.15, 0.2) is 0 Å². The van der Waals surface area contributed by atoms with Gasteiger partial charge in [0.1, 0.15) is 0 Å². The van der Waals surface area contributed by atoms with Crippen LogP contribution in [0.5, 0.6) is 0 Å². The van der Waals surface area contributed by atoms with Crippen molar-refractivity contribution in [3.05, 3.63) is 29.3 Å². The van der Waals surface area contributed by atoms with Gasteiger partial charge in [0.05, 0.1) is 11.6 Å². The fourth-order valence-corrected chi connectivity index (χ4v) is 2.15. The number of benzene rings is 1. The molecule has 2 rings (SSSR count). The monoisotopic (exact) mass is 215 g/mol.